The lowest BCUT2D eigenvalue weighted by Gasteiger charge is -2.20. The molecule has 0 saturated carbocycles. The molecule has 0 bridgehead atoms. The quantitative estimate of drug-likeness (QED) is 0.453. The van der Waals surface area contributed by atoms with Crippen LogP contribution < -0.4 is 10.4 Å². The van der Waals surface area contributed by atoms with E-state index < -0.39 is 0 Å². The van der Waals surface area contributed by atoms with Gasteiger partial charge in [0.1, 0.15) is 24.1 Å². The highest BCUT2D eigenvalue weighted by atomic mass is 16.5. The molecule has 8 heteroatoms. The molecule has 8 nitrogen and oxygen atoms in total. The van der Waals surface area contributed by atoms with Gasteiger partial charge in [-0.15, -0.1) is 0 Å². The molecule has 3 heterocycles. The second-order valence-electron chi connectivity index (χ2n) is 7.85. The molecule has 0 aliphatic carbocycles. The molecule has 1 atom stereocenters. The normalized spacial score (nSPS) is 15.8. The molecular formula is C25H24N4O4. The van der Waals surface area contributed by atoms with Crippen molar-refractivity contribution in [2.45, 2.75) is 32.5 Å². The molecule has 0 N–H and O–H groups in total. The van der Waals surface area contributed by atoms with Crippen molar-refractivity contribution in [3.63, 3.8) is 0 Å². The lowest BCUT2D eigenvalue weighted by atomic mass is 10.0. The second kappa shape index (κ2) is 8.46. The van der Waals surface area contributed by atoms with Crippen LogP contribution in [0, 0.1) is 0 Å². The third kappa shape index (κ3) is 3.63. The fourth-order valence-corrected chi connectivity index (χ4v) is 4.34. The maximum absolute atomic E-state index is 13.5. The first-order valence-corrected chi connectivity index (χ1v) is 10.9. The number of fused-ring (bicyclic) bond motifs is 1. The zero-order valence-electron chi connectivity index (χ0n) is 18.5. The van der Waals surface area contributed by atoms with E-state index in [-0.39, 0.29) is 24.2 Å². The van der Waals surface area contributed by atoms with Gasteiger partial charge < -0.3 is 9.15 Å². The molecule has 5 rings (SSSR count). The van der Waals surface area contributed by atoms with Crippen LogP contribution in [0.3, 0.4) is 0 Å². The van der Waals surface area contributed by atoms with Crippen molar-refractivity contribution in [3.8, 4) is 5.75 Å². The summed E-state index contributed by atoms with van der Waals surface area (Å²) < 4.78 is 14.1. The monoisotopic (exact) mass is 444 g/mol. The number of hydrogen-bond acceptors (Lipinski definition) is 5. The number of carbonyl (C=O) groups is 1. The van der Waals surface area contributed by atoms with Gasteiger partial charge in [0.25, 0.3) is 5.91 Å². The van der Waals surface area contributed by atoms with Gasteiger partial charge in [-0.2, -0.15) is 5.10 Å². The topological polar surface area (TPSA) is 82.0 Å². The summed E-state index contributed by atoms with van der Waals surface area (Å²) in [6.07, 6.45) is 2.10. The maximum Gasteiger partial charge on any atom is 0.329 e. The minimum atomic E-state index is -0.375. The number of para-hydroxylation sites is 2. The smallest absolute Gasteiger partial charge is 0.329 e. The average Bonchev–Trinajstić information content (AvgIpc) is 3.58. The van der Waals surface area contributed by atoms with Crippen molar-refractivity contribution in [1.29, 1.82) is 0 Å². The highest BCUT2D eigenvalue weighted by Gasteiger charge is 2.35. The standard InChI is InChI=1S/C25H24N4O4/c1-3-27-20-7-4-5-8-21(20)28(25(27)31)16-24(30)29-22(23-9-6-14-33-23)15-19(26-29)17-10-12-18(32-2)13-11-17/h4-14,22H,3,15-16H2,1-2H3. The first-order chi connectivity index (χ1) is 16.1. The highest BCUT2D eigenvalue weighted by Crippen LogP contribution is 2.33. The Bertz CT molecular complexity index is 1380. The number of carbonyl (C=O) groups excluding carboxylic acids is 1. The third-order valence-corrected chi connectivity index (χ3v) is 6.00. The molecule has 0 spiro atoms. The Kier molecular flexibility index (Phi) is 5.34. The van der Waals surface area contributed by atoms with E-state index in [0.29, 0.717) is 18.7 Å². The van der Waals surface area contributed by atoms with Gasteiger partial charge in [-0.05, 0) is 61.0 Å². The number of hydrazone groups is 1. The number of nitrogens with zero attached hydrogens (tertiary/aromatic N) is 4. The largest absolute Gasteiger partial charge is 0.497 e. The molecule has 1 amide bonds. The summed E-state index contributed by atoms with van der Waals surface area (Å²) >= 11 is 0. The van der Waals surface area contributed by atoms with Crippen molar-refractivity contribution >= 4 is 22.7 Å². The number of aromatic nitrogens is 2. The van der Waals surface area contributed by atoms with Gasteiger partial charge in [0.05, 0.1) is 30.1 Å². The van der Waals surface area contributed by atoms with Gasteiger partial charge in [-0.1, -0.05) is 12.1 Å². The van der Waals surface area contributed by atoms with E-state index >= 15 is 0 Å². The van der Waals surface area contributed by atoms with Crippen molar-refractivity contribution in [3.05, 3.63) is 88.7 Å². The van der Waals surface area contributed by atoms with E-state index in [1.165, 1.54) is 9.58 Å². The van der Waals surface area contributed by atoms with Crippen LogP contribution >= 0.6 is 0 Å². The van der Waals surface area contributed by atoms with Gasteiger partial charge in [0.15, 0.2) is 0 Å². The van der Waals surface area contributed by atoms with Gasteiger partial charge >= 0.3 is 5.69 Å². The van der Waals surface area contributed by atoms with E-state index in [9.17, 15) is 9.59 Å². The lowest BCUT2D eigenvalue weighted by Crippen LogP contribution is -2.34. The summed E-state index contributed by atoms with van der Waals surface area (Å²) in [6, 6.07) is 18.3. The summed E-state index contributed by atoms with van der Waals surface area (Å²) in [7, 11) is 1.62. The van der Waals surface area contributed by atoms with Crippen LogP contribution in [0.5, 0.6) is 5.75 Å². The Labute approximate surface area is 190 Å². The molecule has 2 aromatic carbocycles. The van der Waals surface area contributed by atoms with Crippen molar-refractivity contribution in [2.24, 2.45) is 5.10 Å². The Morgan fingerprint density at radius 1 is 1.06 bits per heavy atom. The molecule has 1 unspecified atom stereocenters. The number of methoxy groups -OCH3 is 1. The van der Waals surface area contributed by atoms with Crippen LogP contribution in [0.15, 0.2) is 81.2 Å². The molecule has 1 aliphatic rings. The van der Waals surface area contributed by atoms with E-state index in [4.69, 9.17) is 9.15 Å². The Hall–Kier alpha value is -4.07. The zero-order valence-corrected chi connectivity index (χ0v) is 18.5. The van der Waals surface area contributed by atoms with Crippen LogP contribution in [0.4, 0.5) is 0 Å². The van der Waals surface area contributed by atoms with Gasteiger partial charge in [-0.25, -0.2) is 9.80 Å². The summed E-state index contributed by atoms with van der Waals surface area (Å²) in [6.45, 7) is 2.33. The molecule has 2 aromatic heterocycles. The average molecular weight is 444 g/mol. The molecule has 33 heavy (non-hydrogen) atoms. The summed E-state index contributed by atoms with van der Waals surface area (Å²) in [5.41, 5.74) is 3.01. The van der Waals surface area contributed by atoms with E-state index in [0.717, 1.165) is 28.1 Å². The number of hydrogen-bond donors (Lipinski definition) is 0. The maximum atomic E-state index is 13.5. The highest BCUT2D eigenvalue weighted by molar-refractivity contribution is 6.03. The predicted octanol–water partition coefficient (Wildman–Crippen LogP) is 3.80. The van der Waals surface area contributed by atoms with Gasteiger partial charge in [0.2, 0.25) is 0 Å². The summed E-state index contributed by atoms with van der Waals surface area (Å²) in [4.78, 5) is 26.5. The van der Waals surface area contributed by atoms with Crippen LogP contribution in [0.2, 0.25) is 0 Å². The van der Waals surface area contributed by atoms with Crippen LogP contribution in [-0.2, 0) is 17.9 Å². The molecule has 0 saturated heterocycles. The first-order valence-electron chi connectivity index (χ1n) is 10.9. The molecular weight excluding hydrogens is 420 g/mol. The molecule has 1 aliphatic heterocycles. The van der Waals surface area contributed by atoms with Gasteiger partial charge in [-0.3, -0.25) is 13.9 Å². The Balaban J connectivity index is 1.51. The lowest BCUT2D eigenvalue weighted by molar-refractivity contribution is -0.134. The number of ether oxygens (including phenoxy) is 1. The fourth-order valence-electron chi connectivity index (χ4n) is 4.34. The Morgan fingerprint density at radius 3 is 2.42 bits per heavy atom. The predicted molar refractivity (Wildman–Crippen MR) is 124 cm³/mol. The number of benzene rings is 2. The van der Waals surface area contributed by atoms with Crippen LogP contribution in [-0.4, -0.2) is 32.9 Å². The minimum absolute atomic E-state index is 0.108. The Morgan fingerprint density at radius 2 is 1.79 bits per heavy atom. The summed E-state index contributed by atoms with van der Waals surface area (Å²) in [5, 5.41) is 6.11. The SMILES string of the molecule is CCn1c(=O)n(CC(=O)N2N=C(c3ccc(OC)cc3)CC2c2ccco2)c2ccccc21. The number of aryl methyl sites for hydroxylation is 1. The fraction of sp³-hybridized carbons (Fsp3) is 0.240. The number of rotatable bonds is 6. The molecule has 0 radical (unpaired) electrons. The van der Waals surface area contributed by atoms with Crippen molar-refractivity contribution in [1.82, 2.24) is 14.1 Å². The summed E-state index contributed by atoms with van der Waals surface area (Å²) in [5.74, 6) is 1.12. The molecule has 4 aromatic rings. The van der Waals surface area contributed by atoms with E-state index in [1.807, 2.05) is 61.5 Å². The van der Waals surface area contributed by atoms with Crippen LogP contribution in [0.25, 0.3) is 11.0 Å². The van der Waals surface area contributed by atoms with Crippen molar-refractivity contribution < 1.29 is 13.9 Å². The van der Waals surface area contributed by atoms with Crippen LogP contribution in [0.1, 0.15) is 30.7 Å². The number of imidazole rings is 1. The zero-order chi connectivity index (χ0) is 22.9. The molecule has 0 fully saturated rings. The van der Waals surface area contributed by atoms with Crippen molar-refractivity contribution in [2.75, 3.05) is 7.11 Å². The third-order valence-electron chi connectivity index (χ3n) is 6.00. The van der Waals surface area contributed by atoms with E-state index in [2.05, 4.69) is 5.10 Å². The number of amides is 1. The minimum Gasteiger partial charge on any atom is -0.497 e. The first kappa shape index (κ1) is 20.8. The molecule has 168 valence electrons. The number of furan rings is 1. The van der Waals surface area contributed by atoms with Gasteiger partial charge in [0, 0.05) is 13.0 Å². The van der Waals surface area contributed by atoms with E-state index in [1.54, 1.807) is 24.0 Å². The second-order valence-corrected chi connectivity index (χ2v) is 7.85.